The summed E-state index contributed by atoms with van der Waals surface area (Å²) >= 11 is 0. The van der Waals surface area contributed by atoms with Gasteiger partial charge in [0.15, 0.2) is 5.69 Å². The summed E-state index contributed by atoms with van der Waals surface area (Å²) < 4.78 is 6.83. The predicted octanol–water partition coefficient (Wildman–Crippen LogP) is 1.53. The zero-order valence-electron chi connectivity index (χ0n) is 14.8. The number of hydrogen-bond acceptors (Lipinski definition) is 5. The Bertz CT molecular complexity index is 750. The Balaban J connectivity index is 1.62. The number of amides is 1. The molecular weight excluding hydrogens is 320 g/mol. The van der Waals surface area contributed by atoms with E-state index in [-0.39, 0.29) is 17.9 Å². The van der Waals surface area contributed by atoms with Crippen molar-refractivity contribution in [3.05, 3.63) is 41.2 Å². The van der Waals surface area contributed by atoms with Crippen molar-refractivity contribution in [2.75, 3.05) is 13.7 Å². The minimum atomic E-state index is -0.522. The van der Waals surface area contributed by atoms with Gasteiger partial charge in [0.05, 0.1) is 25.5 Å². The van der Waals surface area contributed by atoms with E-state index < -0.39 is 6.10 Å². The van der Waals surface area contributed by atoms with Crippen LogP contribution in [0, 0.1) is 12.3 Å². The minimum absolute atomic E-state index is 0.0473. The Morgan fingerprint density at radius 3 is 2.68 bits per heavy atom. The van der Waals surface area contributed by atoms with E-state index >= 15 is 0 Å². The zero-order chi connectivity index (χ0) is 18.0. The number of benzene rings is 1. The highest BCUT2D eigenvalue weighted by Gasteiger charge is 2.44. The third kappa shape index (κ3) is 3.82. The van der Waals surface area contributed by atoms with Crippen molar-refractivity contribution in [1.29, 1.82) is 0 Å². The number of methoxy groups -OCH3 is 1. The summed E-state index contributed by atoms with van der Waals surface area (Å²) in [4.78, 5) is 12.3. The van der Waals surface area contributed by atoms with Crippen LogP contribution in [0.2, 0.25) is 0 Å². The topological polar surface area (TPSA) is 89.3 Å². The van der Waals surface area contributed by atoms with Crippen molar-refractivity contribution >= 4 is 5.91 Å². The minimum Gasteiger partial charge on any atom is -0.497 e. The number of rotatable bonds is 7. The van der Waals surface area contributed by atoms with Crippen LogP contribution in [-0.4, -0.2) is 45.8 Å². The van der Waals surface area contributed by atoms with Gasteiger partial charge in [0, 0.05) is 6.54 Å². The first-order chi connectivity index (χ1) is 11.9. The number of carbonyl (C=O) groups is 1. The van der Waals surface area contributed by atoms with Crippen LogP contribution < -0.4 is 10.1 Å². The lowest BCUT2D eigenvalue weighted by atomic mass is 10.0. The molecule has 0 bridgehead atoms. The number of nitrogens with zero attached hydrogens (tertiary/aromatic N) is 3. The summed E-state index contributed by atoms with van der Waals surface area (Å²) in [7, 11) is 1.63. The largest absolute Gasteiger partial charge is 0.497 e. The van der Waals surface area contributed by atoms with Crippen LogP contribution in [0.4, 0.5) is 0 Å². The molecule has 1 aromatic heterocycles. The molecule has 0 aliphatic heterocycles. The monoisotopic (exact) mass is 344 g/mol. The molecule has 0 spiro atoms. The first-order valence-corrected chi connectivity index (χ1v) is 8.42. The molecule has 2 aromatic rings. The molecule has 7 nitrogen and oxygen atoms in total. The van der Waals surface area contributed by atoms with Gasteiger partial charge in [-0.3, -0.25) is 4.79 Å². The second kappa shape index (κ2) is 6.84. The van der Waals surface area contributed by atoms with Gasteiger partial charge in [0.2, 0.25) is 0 Å². The van der Waals surface area contributed by atoms with Gasteiger partial charge in [-0.15, -0.1) is 5.10 Å². The zero-order valence-corrected chi connectivity index (χ0v) is 14.8. The first-order valence-electron chi connectivity index (χ1n) is 8.42. The Labute approximate surface area is 147 Å². The van der Waals surface area contributed by atoms with E-state index in [1.807, 2.05) is 38.1 Å². The smallest absolute Gasteiger partial charge is 0.273 e. The van der Waals surface area contributed by atoms with E-state index in [9.17, 15) is 9.90 Å². The molecule has 134 valence electrons. The summed E-state index contributed by atoms with van der Waals surface area (Å²) in [5.74, 6) is 0.490. The average molecular weight is 344 g/mol. The number of nitrogens with one attached hydrogen (secondary N) is 1. The van der Waals surface area contributed by atoms with E-state index in [2.05, 4.69) is 15.6 Å². The van der Waals surface area contributed by atoms with Gasteiger partial charge < -0.3 is 15.2 Å². The molecule has 7 heteroatoms. The summed E-state index contributed by atoms with van der Waals surface area (Å²) in [5.41, 5.74) is 1.98. The Morgan fingerprint density at radius 1 is 1.40 bits per heavy atom. The lowest BCUT2D eigenvalue weighted by Gasteiger charge is -2.17. The quantitative estimate of drug-likeness (QED) is 0.795. The first kappa shape index (κ1) is 17.4. The molecule has 3 rings (SSSR count). The van der Waals surface area contributed by atoms with Gasteiger partial charge in [-0.05, 0) is 42.9 Å². The molecule has 25 heavy (non-hydrogen) atoms. The van der Waals surface area contributed by atoms with Gasteiger partial charge >= 0.3 is 0 Å². The summed E-state index contributed by atoms with van der Waals surface area (Å²) in [6.07, 6.45) is 1.48. The maximum absolute atomic E-state index is 12.3. The Hall–Kier alpha value is -2.41. The predicted molar refractivity (Wildman–Crippen MR) is 92.5 cm³/mol. The van der Waals surface area contributed by atoms with Crippen molar-refractivity contribution in [2.24, 2.45) is 5.41 Å². The van der Waals surface area contributed by atoms with Crippen LogP contribution in [0.15, 0.2) is 24.3 Å². The fraction of sp³-hybridized carbons (Fsp3) is 0.500. The highest BCUT2D eigenvalue weighted by atomic mass is 16.5. The number of ether oxygens (including phenoxy) is 1. The molecule has 1 atom stereocenters. The SMILES string of the molecule is COc1ccc(Cn2nnc(C(=O)NCC(O)C3(C)CC3)c2C)cc1. The van der Waals surface area contributed by atoms with Crippen molar-refractivity contribution in [3.63, 3.8) is 0 Å². The summed E-state index contributed by atoms with van der Waals surface area (Å²) in [5, 5.41) is 20.9. The molecule has 1 heterocycles. The lowest BCUT2D eigenvalue weighted by molar-refractivity contribution is 0.0812. The highest BCUT2D eigenvalue weighted by molar-refractivity contribution is 5.93. The van der Waals surface area contributed by atoms with E-state index in [1.54, 1.807) is 11.8 Å². The third-order valence-electron chi connectivity index (χ3n) is 4.99. The van der Waals surface area contributed by atoms with Crippen LogP contribution in [0.25, 0.3) is 0 Å². The second-order valence-corrected chi connectivity index (χ2v) is 6.91. The van der Waals surface area contributed by atoms with Crippen molar-refractivity contribution in [2.45, 2.75) is 39.3 Å². The highest BCUT2D eigenvalue weighted by Crippen LogP contribution is 2.47. The molecular formula is C18H24N4O3. The van der Waals surface area contributed by atoms with Crippen LogP contribution in [0.5, 0.6) is 5.75 Å². The molecule has 1 aliphatic rings. The Morgan fingerprint density at radius 2 is 2.08 bits per heavy atom. The number of aliphatic hydroxyl groups is 1. The van der Waals surface area contributed by atoms with E-state index in [0.29, 0.717) is 17.9 Å². The molecule has 0 saturated heterocycles. The van der Waals surface area contributed by atoms with Crippen molar-refractivity contribution in [1.82, 2.24) is 20.3 Å². The molecule has 1 unspecified atom stereocenters. The molecule has 1 saturated carbocycles. The molecule has 2 N–H and O–H groups in total. The molecule has 1 aliphatic carbocycles. The molecule has 1 aromatic carbocycles. The number of aliphatic hydroxyl groups excluding tert-OH is 1. The van der Waals surface area contributed by atoms with Gasteiger partial charge in [0.25, 0.3) is 5.91 Å². The number of hydrogen-bond donors (Lipinski definition) is 2. The Kier molecular flexibility index (Phi) is 4.76. The molecule has 0 radical (unpaired) electrons. The molecule has 1 amide bonds. The number of aromatic nitrogens is 3. The standard InChI is InChI=1S/C18H24N4O3/c1-12-16(17(24)19-10-15(23)18(2)8-9-18)20-21-22(12)11-13-4-6-14(25-3)7-5-13/h4-7,15,23H,8-11H2,1-3H3,(H,19,24). The van der Waals surface area contributed by atoms with Gasteiger partial charge in [-0.2, -0.15) is 0 Å². The average Bonchev–Trinajstić information content (AvgIpc) is 3.28. The summed E-state index contributed by atoms with van der Waals surface area (Å²) in [6.45, 7) is 4.61. The second-order valence-electron chi connectivity index (χ2n) is 6.91. The normalized spacial score (nSPS) is 16.3. The van der Waals surface area contributed by atoms with Crippen LogP contribution in [-0.2, 0) is 6.54 Å². The molecule has 1 fully saturated rings. The van der Waals surface area contributed by atoms with E-state index in [1.165, 1.54) is 0 Å². The van der Waals surface area contributed by atoms with Gasteiger partial charge in [-0.25, -0.2) is 4.68 Å². The maximum atomic E-state index is 12.3. The van der Waals surface area contributed by atoms with Gasteiger partial charge in [-0.1, -0.05) is 24.3 Å². The van der Waals surface area contributed by atoms with Crippen LogP contribution in [0.1, 0.15) is 41.5 Å². The van der Waals surface area contributed by atoms with Gasteiger partial charge in [0.1, 0.15) is 5.75 Å². The fourth-order valence-corrected chi connectivity index (χ4v) is 2.67. The van der Waals surface area contributed by atoms with Crippen LogP contribution >= 0.6 is 0 Å². The van der Waals surface area contributed by atoms with Crippen molar-refractivity contribution in [3.8, 4) is 5.75 Å². The van der Waals surface area contributed by atoms with Crippen molar-refractivity contribution < 1.29 is 14.6 Å². The maximum Gasteiger partial charge on any atom is 0.273 e. The van der Waals surface area contributed by atoms with E-state index in [0.717, 1.165) is 24.2 Å². The lowest BCUT2D eigenvalue weighted by Crippen LogP contribution is -2.36. The fourth-order valence-electron chi connectivity index (χ4n) is 2.67. The third-order valence-corrected chi connectivity index (χ3v) is 4.99. The van der Waals surface area contributed by atoms with E-state index in [4.69, 9.17) is 4.74 Å². The summed E-state index contributed by atoms with van der Waals surface area (Å²) in [6, 6.07) is 7.67. The van der Waals surface area contributed by atoms with Crippen LogP contribution in [0.3, 0.4) is 0 Å². The number of carbonyl (C=O) groups excluding carboxylic acids is 1.